The normalized spacial score (nSPS) is 11.2. The molecule has 0 aliphatic heterocycles. The van der Waals surface area contributed by atoms with Crippen molar-refractivity contribution in [2.75, 3.05) is 0 Å². The molecule has 0 saturated carbocycles. The number of furan rings is 1. The molecule has 0 atom stereocenters. The molecule has 0 fully saturated rings. The molecule has 0 aliphatic carbocycles. The largest absolute Gasteiger partial charge is 0.469 e. The average Bonchev–Trinajstić information content (AvgIpc) is 2.76. The van der Waals surface area contributed by atoms with Crippen molar-refractivity contribution in [3.8, 4) is 0 Å². The van der Waals surface area contributed by atoms with Gasteiger partial charge >= 0.3 is 0 Å². The first-order valence-electron chi connectivity index (χ1n) is 4.92. The summed E-state index contributed by atoms with van der Waals surface area (Å²) in [6.07, 6.45) is 4.36. The van der Waals surface area contributed by atoms with Gasteiger partial charge in [-0.05, 0) is 41.9 Å². The summed E-state index contributed by atoms with van der Waals surface area (Å²) in [5.41, 5.74) is 1.16. The molecule has 0 saturated heterocycles. The quantitative estimate of drug-likeness (QED) is 0.854. The van der Waals surface area contributed by atoms with Crippen LogP contribution in [0.5, 0.6) is 0 Å². The minimum Gasteiger partial charge on any atom is -0.469 e. The third-order valence-electron chi connectivity index (χ3n) is 2.28. The number of rotatable bonds is 3. The summed E-state index contributed by atoms with van der Waals surface area (Å²) in [5.74, 6) is 0.962. The SMILES string of the molecule is CC(C)n1c(Cc2ccco2)cnc1Br. The molecule has 80 valence electrons. The number of hydrogen-bond acceptors (Lipinski definition) is 2. The summed E-state index contributed by atoms with van der Waals surface area (Å²) in [4.78, 5) is 4.26. The van der Waals surface area contributed by atoms with Crippen LogP contribution < -0.4 is 0 Å². The Morgan fingerprint density at radius 3 is 2.93 bits per heavy atom. The number of hydrogen-bond donors (Lipinski definition) is 0. The van der Waals surface area contributed by atoms with E-state index in [1.807, 2.05) is 18.3 Å². The van der Waals surface area contributed by atoms with Gasteiger partial charge in [0.25, 0.3) is 0 Å². The molecule has 0 radical (unpaired) electrons. The van der Waals surface area contributed by atoms with E-state index in [1.165, 1.54) is 0 Å². The molecule has 0 aromatic carbocycles. The molecule has 0 unspecified atom stereocenters. The van der Waals surface area contributed by atoms with Gasteiger partial charge in [0.05, 0.1) is 6.26 Å². The smallest absolute Gasteiger partial charge is 0.177 e. The lowest BCUT2D eigenvalue weighted by atomic mass is 10.2. The highest BCUT2D eigenvalue weighted by molar-refractivity contribution is 9.10. The van der Waals surface area contributed by atoms with Crippen molar-refractivity contribution in [2.24, 2.45) is 0 Å². The van der Waals surface area contributed by atoms with E-state index in [2.05, 4.69) is 39.3 Å². The number of nitrogens with zero attached hydrogens (tertiary/aromatic N) is 2. The lowest BCUT2D eigenvalue weighted by molar-refractivity contribution is 0.504. The van der Waals surface area contributed by atoms with Crippen LogP contribution in [-0.2, 0) is 6.42 Å². The highest BCUT2D eigenvalue weighted by Gasteiger charge is 2.11. The zero-order chi connectivity index (χ0) is 10.8. The molecule has 3 nitrogen and oxygen atoms in total. The van der Waals surface area contributed by atoms with Crippen LogP contribution in [0.3, 0.4) is 0 Å². The third-order valence-corrected chi connectivity index (χ3v) is 2.87. The topological polar surface area (TPSA) is 31.0 Å². The Balaban J connectivity index is 2.29. The molecule has 0 N–H and O–H groups in total. The van der Waals surface area contributed by atoms with Gasteiger partial charge in [-0.1, -0.05) is 0 Å². The molecule has 2 aromatic heterocycles. The first kappa shape index (κ1) is 10.5. The van der Waals surface area contributed by atoms with Crippen molar-refractivity contribution in [1.82, 2.24) is 9.55 Å². The number of halogens is 1. The second kappa shape index (κ2) is 4.23. The van der Waals surface area contributed by atoms with E-state index >= 15 is 0 Å². The molecule has 2 aromatic rings. The lowest BCUT2D eigenvalue weighted by Gasteiger charge is -2.12. The van der Waals surface area contributed by atoms with E-state index in [0.717, 1.165) is 22.6 Å². The van der Waals surface area contributed by atoms with Crippen molar-refractivity contribution in [1.29, 1.82) is 0 Å². The van der Waals surface area contributed by atoms with Gasteiger partial charge < -0.3 is 8.98 Å². The Hall–Kier alpha value is -1.03. The second-order valence-corrected chi connectivity index (χ2v) is 4.45. The Kier molecular flexibility index (Phi) is 2.95. The van der Waals surface area contributed by atoms with Gasteiger partial charge in [-0.15, -0.1) is 0 Å². The van der Waals surface area contributed by atoms with E-state index in [-0.39, 0.29) is 0 Å². The Morgan fingerprint density at radius 2 is 2.33 bits per heavy atom. The summed E-state index contributed by atoms with van der Waals surface area (Å²) in [6, 6.07) is 4.28. The maximum Gasteiger partial charge on any atom is 0.177 e. The van der Waals surface area contributed by atoms with Gasteiger partial charge in [-0.2, -0.15) is 0 Å². The highest BCUT2D eigenvalue weighted by atomic mass is 79.9. The van der Waals surface area contributed by atoms with Crippen molar-refractivity contribution >= 4 is 15.9 Å². The van der Waals surface area contributed by atoms with E-state index in [0.29, 0.717) is 6.04 Å². The predicted molar refractivity (Wildman–Crippen MR) is 61.8 cm³/mol. The second-order valence-electron chi connectivity index (χ2n) is 3.74. The monoisotopic (exact) mass is 268 g/mol. The Bertz CT molecular complexity index is 431. The zero-order valence-electron chi connectivity index (χ0n) is 8.77. The van der Waals surface area contributed by atoms with Gasteiger partial charge in [0.1, 0.15) is 5.76 Å². The van der Waals surface area contributed by atoms with Gasteiger partial charge in [-0.3, -0.25) is 0 Å². The minimum atomic E-state index is 0.395. The van der Waals surface area contributed by atoms with Crippen LogP contribution in [0.15, 0.2) is 33.7 Å². The van der Waals surface area contributed by atoms with Gasteiger partial charge in [0.15, 0.2) is 4.73 Å². The van der Waals surface area contributed by atoms with Crippen LogP contribution in [0.2, 0.25) is 0 Å². The standard InChI is InChI=1S/C11H13BrN2O/c1-8(2)14-9(7-13-11(14)12)6-10-4-3-5-15-10/h3-5,7-8H,6H2,1-2H3. The molecule has 0 amide bonds. The number of imidazole rings is 1. The molecule has 15 heavy (non-hydrogen) atoms. The molecular formula is C11H13BrN2O. The van der Waals surface area contributed by atoms with Crippen LogP contribution in [0.25, 0.3) is 0 Å². The molecule has 0 spiro atoms. The van der Waals surface area contributed by atoms with Crippen molar-refractivity contribution in [3.63, 3.8) is 0 Å². The van der Waals surface area contributed by atoms with E-state index < -0.39 is 0 Å². The van der Waals surface area contributed by atoms with Crippen molar-refractivity contribution < 1.29 is 4.42 Å². The van der Waals surface area contributed by atoms with E-state index in [9.17, 15) is 0 Å². The maximum atomic E-state index is 5.33. The maximum absolute atomic E-state index is 5.33. The van der Waals surface area contributed by atoms with Crippen LogP contribution in [0.4, 0.5) is 0 Å². The molecular weight excluding hydrogens is 256 g/mol. The summed E-state index contributed by atoms with van der Waals surface area (Å²) in [6.45, 7) is 4.27. The van der Waals surface area contributed by atoms with Crippen LogP contribution in [0.1, 0.15) is 31.3 Å². The summed E-state index contributed by atoms with van der Waals surface area (Å²) < 4.78 is 8.35. The fourth-order valence-corrected chi connectivity index (χ4v) is 2.38. The highest BCUT2D eigenvalue weighted by Crippen LogP contribution is 2.20. The Morgan fingerprint density at radius 1 is 1.53 bits per heavy atom. The van der Waals surface area contributed by atoms with Gasteiger partial charge in [0, 0.05) is 24.4 Å². The molecule has 2 heterocycles. The van der Waals surface area contributed by atoms with Crippen LogP contribution in [-0.4, -0.2) is 9.55 Å². The predicted octanol–water partition coefficient (Wildman–Crippen LogP) is 3.41. The van der Waals surface area contributed by atoms with Gasteiger partial charge in [0.2, 0.25) is 0 Å². The average molecular weight is 269 g/mol. The van der Waals surface area contributed by atoms with Crippen molar-refractivity contribution in [2.45, 2.75) is 26.3 Å². The van der Waals surface area contributed by atoms with E-state index in [4.69, 9.17) is 4.42 Å². The zero-order valence-corrected chi connectivity index (χ0v) is 10.4. The van der Waals surface area contributed by atoms with Crippen LogP contribution in [0, 0.1) is 0 Å². The van der Waals surface area contributed by atoms with Crippen LogP contribution >= 0.6 is 15.9 Å². The lowest BCUT2D eigenvalue weighted by Crippen LogP contribution is -2.06. The third kappa shape index (κ3) is 2.15. The molecule has 0 bridgehead atoms. The van der Waals surface area contributed by atoms with E-state index in [1.54, 1.807) is 6.26 Å². The fourth-order valence-electron chi connectivity index (χ4n) is 1.64. The number of aromatic nitrogens is 2. The first-order chi connectivity index (χ1) is 7.18. The first-order valence-corrected chi connectivity index (χ1v) is 5.71. The fraction of sp³-hybridized carbons (Fsp3) is 0.364. The Labute approximate surface area is 97.2 Å². The minimum absolute atomic E-state index is 0.395. The summed E-state index contributed by atoms with van der Waals surface area (Å²) in [7, 11) is 0. The summed E-state index contributed by atoms with van der Waals surface area (Å²) in [5, 5.41) is 0. The summed E-state index contributed by atoms with van der Waals surface area (Å²) >= 11 is 3.44. The van der Waals surface area contributed by atoms with Gasteiger partial charge in [-0.25, -0.2) is 4.98 Å². The molecule has 4 heteroatoms. The molecule has 0 aliphatic rings. The molecule has 2 rings (SSSR count). The van der Waals surface area contributed by atoms with Crippen molar-refractivity contribution in [3.05, 3.63) is 40.8 Å².